The third-order valence-electron chi connectivity index (χ3n) is 1.93. The second-order valence-electron chi connectivity index (χ2n) is 2.80. The van der Waals surface area contributed by atoms with Crippen molar-refractivity contribution >= 4 is 0 Å². The third kappa shape index (κ3) is 1.47. The van der Waals surface area contributed by atoms with Crippen LogP contribution in [0, 0.1) is 12.3 Å². The summed E-state index contributed by atoms with van der Waals surface area (Å²) in [6.07, 6.45) is 5.26. The minimum absolute atomic E-state index is 0.818. The van der Waals surface area contributed by atoms with Crippen LogP contribution in [0.25, 0.3) is 11.3 Å². The lowest BCUT2D eigenvalue weighted by Crippen LogP contribution is -1.76. The van der Waals surface area contributed by atoms with Gasteiger partial charge in [0.05, 0.1) is 5.69 Å². The van der Waals surface area contributed by atoms with Crippen molar-refractivity contribution in [2.75, 3.05) is 0 Å². The SMILES string of the molecule is C#Cc1ccc(-c2ccccc2)[nH]1. The molecule has 1 heterocycles. The van der Waals surface area contributed by atoms with Crippen molar-refractivity contribution in [2.45, 2.75) is 0 Å². The first-order chi connectivity index (χ1) is 6.40. The van der Waals surface area contributed by atoms with Gasteiger partial charge in [-0.2, -0.15) is 0 Å². The minimum Gasteiger partial charge on any atom is -0.348 e. The second kappa shape index (κ2) is 3.20. The summed E-state index contributed by atoms with van der Waals surface area (Å²) < 4.78 is 0. The van der Waals surface area contributed by atoms with Crippen molar-refractivity contribution in [1.29, 1.82) is 0 Å². The van der Waals surface area contributed by atoms with Crippen molar-refractivity contribution < 1.29 is 0 Å². The van der Waals surface area contributed by atoms with Crippen molar-refractivity contribution in [3.63, 3.8) is 0 Å². The highest BCUT2D eigenvalue weighted by Crippen LogP contribution is 2.17. The van der Waals surface area contributed by atoms with Crippen LogP contribution in [0.5, 0.6) is 0 Å². The van der Waals surface area contributed by atoms with Gasteiger partial charge < -0.3 is 4.98 Å². The Bertz CT molecular complexity index is 432. The average Bonchev–Trinajstić information content (AvgIpc) is 2.67. The molecular weight excluding hydrogens is 158 g/mol. The topological polar surface area (TPSA) is 15.8 Å². The maximum Gasteiger partial charge on any atom is 0.0895 e. The van der Waals surface area contributed by atoms with E-state index in [0.29, 0.717) is 0 Å². The molecule has 0 unspecified atom stereocenters. The number of rotatable bonds is 1. The molecule has 13 heavy (non-hydrogen) atoms. The Morgan fingerprint density at radius 2 is 1.77 bits per heavy atom. The summed E-state index contributed by atoms with van der Waals surface area (Å²) >= 11 is 0. The van der Waals surface area contributed by atoms with E-state index in [1.54, 1.807) is 0 Å². The third-order valence-corrected chi connectivity index (χ3v) is 1.93. The quantitative estimate of drug-likeness (QED) is 0.628. The van der Waals surface area contributed by atoms with Crippen LogP contribution in [0.4, 0.5) is 0 Å². The highest BCUT2D eigenvalue weighted by molar-refractivity contribution is 5.60. The molecule has 0 saturated heterocycles. The number of aromatic amines is 1. The molecule has 1 nitrogen and oxygen atoms in total. The van der Waals surface area contributed by atoms with Gasteiger partial charge in [-0.15, -0.1) is 6.42 Å². The van der Waals surface area contributed by atoms with Crippen LogP contribution in [0.3, 0.4) is 0 Å². The standard InChI is InChI=1S/C12H9N/c1-2-11-8-9-12(13-11)10-6-4-3-5-7-10/h1,3-9,13H. The van der Waals surface area contributed by atoms with Crippen molar-refractivity contribution in [1.82, 2.24) is 4.98 Å². The molecule has 0 amide bonds. The predicted octanol–water partition coefficient (Wildman–Crippen LogP) is 2.66. The Morgan fingerprint density at radius 3 is 2.38 bits per heavy atom. The Balaban J connectivity index is 2.43. The Hall–Kier alpha value is -1.94. The van der Waals surface area contributed by atoms with Gasteiger partial charge in [-0.3, -0.25) is 0 Å². The van der Waals surface area contributed by atoms with E-state index in [0.717, 1.165) is 17.0 Å². The Kier molecular flexibility index (Phi) is 1.90. The predicted molar refractivity (Wildman–Crippen MR) is 54.2 cm³/mol. The van der Waals surface area contributed by atoms with Gasteiger partial charge in [-0.25, -0.2) is 0 Å². The summed E-state index contributed by atoms with van der Waals surface area (Å²) in [4.78, 5) is 3.14. The molecule has 0 radical (unpaired) electrons. The van der Waals surface area contributed by atoms with Gasteiger partial charge in [-0.05, 0) is 17.7 Å². The van der Waals surface area contributed by atoms with Gasteiger partial charge in [0.25, 0.3) is 0 Å². The number of nitrogens with one attached hydrogen (secondary N) is 1. The van der Waals surface area contributed by atoms with E-state index >= 15 is 0 Å². The molecule has 2 rings (SSSR count). The molecule has 62 valence electrons. The first-order valence-electron chi connectivity index (χ1n) is 4.11. The van der Waals surface area contributed by atoms with Crippen molar-refractivity contribution in [3.05, 3.63) is 48.2 Å². The first-order valence-corrected chi connectivity index (χ1v) is 4.11. The molecule has 2 aromatic rings. The van der Waals surface area contributed by atoms with Crippen LogP contribution < -0.4 is 0 Å². The highest BCUT2D eigenvalue weighted by Gasteiger charge is 1.97. The Labute approximate surface area is 77.4 Å². The van der Waals surface area contributed by atoms with E-state index in [9.17, 15) is 0 Å². The van der Waals surface area contributed by atoms with Gasteiger partial charge in [0.15, 0.2) is 0 Å². The van der Waals surface area contributed by atoms with Gasteiger partial charge in [0.1, 0.15) is 0 Å². The Morgan fingerprint density at radius 1 is 1.00 bits per heavy atom. The molecule has 0 aliphatic carbocycles. The van der Waals surface area contributed by atoms with Crippen LogP contribution in [0.15, 0.2) is 42.5 Å². The summed E-state index contributed by atoms with van der Waals surface area (Å²) in [5, 5.41) is 0. The first kappa shape index (κ1) is 7.70. The van der Waals surface area contributed by atoms with Gasteiger partial charge in [0, 0.05) is 5.69 Å². The van der Waals surface area contributed by atoms with Gasteiger partial charge in [0.2, 0.25) is 0 Å². The van der Waals surface area contributed by atoms with Crippen LogP contribution in [0.1, 0.15) is 5.69 Å². The van der Waals surface area contributed by atoms with E-state index in [1.165, 1.54) is 0 Å². The second-order valence-corrected chi connectivity index (χ2v) is 2.80. The molecule has 0 bridgehead atoms. The minimum atomic E-state index is 0.818. The molecule has 0 spiro atoms. The number of hydrogen-bond donors (Lipinski definition) is 1. The van der Waals surface area contributed by atoms with Crippen LogP contribution >= 0.6 is 0 Å². The zero-order valence-electron chi connectivity index (χ0n) is 7.12. The molecule has 0 aliphatic heterocycles. The van der Waals surface area contributed by atoms with E-state index in [1.807, 2.05) is 42.5 Å². The molecule has 1 aromatic carbocycles. The van der Waals surface area contributed by atoms with Crippen LogP contribution in [0.2, 0.25) is 0 Å². The highest BCUT2D eigenvalue weighted by atomic mass is 14.7. The molecule has 1 N–H and O–H groups in total. The van der Waals surface area contributed by atoms with Gasteiger partial charge >= 0.3 is 0 Å². The zero-order valence-corrected chi connectivity index (χ0v) is 7.12. The molecule has 0 aliphatic rings. The number of H-pyrrole nitrogens is 1. The molecule has 0 fully saturated rings. The normalized spacial score (nSPS) is 9.46. The fourth-order valence-electron chi connectivity index (χ4n) is 1.27. The molecule has 0 saturated carbocycles. The van der Waals surface area contributed by atoms with Crippen LogP contribution in [-0.4, -0.2) is 4.98 Å². The average molecular weight is 167 g/mol. The summed E-state index contributed by atoms with van der Waals surface area (Å²) in [5.74, 6) is 2.56. The lowest BCUT2D eigenvalue weighted by atomic mass is 10.2. The molecule has 1 heteroatoms. The van der Waals surface area contributed by atoms with Crippen molar-refractivity contribution in [2.24, 2.45) is 0 Å². The zero-order chi connectivity index (χ0) is 9.10. The molecule has 0 atom stereocenters. The number of benzene rings is 1. The summed E-state index contributed by atoms with van der Waals surface area (Å²) in [7, 11) is 0. The van der Waals surface area contributed by atoms with E-state index in [2.05, 4.69) is 10.9 Å². The lowest BCUT2D eigenvalue weighted by molar-refractivity contribution is 1.36. The summed E-state index contributed by atoms with van der Waals surface area (Å²) in [6, 6.07) is 14.0. The van der Waals surface area contributed by atoms with Crippen LogP contribution in [-0.2, 0) is 0 Å². The van der Waals surface area contributed by atoms with E-state index < -0.39 is 0 Å². The molecule has 1 aromatic heterocycles. The smallest absolute Gasteiger partial charge is 0.0895 e. The maximum atomic E-state index is 5.26. The van der Waals surface area contributed by atoms with Gasteiger partial charge in [-0.1, -0.05) is 36.3 Å². The lowest BCUT2D eigenvalue weighted by Gasteiger charge is -1.95. The summed E-state index contributed by atoms with van der Waals surface area (Å²) in [6.45, 7) is 0. The van der Waals surface area contributed by atoms with Crippen molar-refractivity contribution in [3.8, 4) is 23.6 Å². The summed E-state index contributed by atoms with van der Waals surface area (Å²) in [5.41, 5.74) is 3.04. The largest absolute Gasteiger partial charge is 0.348 e. The number of aromatic nitrogens is 1. The fourth-order valence-corrected chi connectivity index (χ4v) is 1.27. The number of hydrogen-bond acceptors (Lipinski definition) is 0. The van der Waals surface area contributed by atoms with E-state index in [-0.39, 0.29) is 0 Å². The monoisotopic (exact) mass is 167 g/mol. The van der Waals surface area contributed by atoms with E-state index in [4.69, 9.17) is 6.42 Å². The molecular formula is C12H9N. The number of terminal acetylenes is 1. The fraction of sp³-hybridized carbons (Fsp3) is 0. The maximum absolute atomic E-state index is 5.26.